The summed E-state index contributed by atoms with van der Waals surface area (Å²) in [4.78, 5) is 15.1. The van der Waals surface area contributed by atoms with Crippen molar-refractivity contribution in [3.63, 3.8) is 0 Å². The van der Waals surface area contributed by atoms with Gasteiger partial charge in [-0.1, -0.05) is 23.7 Å². The molecule has 18 heavy (non-hydrogen) atoms. The van der Waals surface area contributed by atoms with Crippen molar-refractivity contribution in [3.8, 4) is 5.75 Å². The van der Waals surface area contributed by atoms with Crippen LogP contribution in [-0.2, 0) is 6.61 Å². The lowest BCUT2D eigenvalue weighted by Crippen LogP contribution is -1.99. The molecule has 1 aromatic carbocycles. The molecule has 2 aromatic rings. The molecule has 0 N–H and O–H groups in total. The second kappa shape index (κ2) is 5.32. The maximum absolute atomic E-state index is 10.9. The molecule has 1 aromatic heterocycles. The number of aromatic nitrogens is 1. The number of hydrogen-bond acceptors (Lipinski definition) is 5. The molecule has 0 aliphatic heterocycles. The average molecular weight is 285 g/mol. The van der Waals surface area contributed by atoms with Crippen LogP contribution in [0.2, 0.25) is 4.47 Å². The zero-order chi connectivity index (χ0) is 13.1. The molecule has 0 amide bonds. The van der Waals surface area contributed by atoms with Gasteiger partial charge in [0.05, 0.1) is 9.80 Å². The summed E-state index contributed by atoms with van der Waals surface area (Å²) in [6.07, 6.45) is 1.59. The van der Waals surface area contributed by atoms with Crippen molar-refractivity contribution in [1.82, 2.24) is 4.98 Å². The topological polar surface area (TPSA) is 65.3 Å². The van der Waals surface area contributed by atoms with Gasteiger partial charge in [0, 0.05) is 12.3 Å². The van der Waals surface area contributed by atoms with E-state index < -0.39 is 4.92 Å². The summed E-state index contributed by atoms with van der Waals surface area (Å²) in [5.74, 6) is 0.284. The average Bonchev–Trinajstić information content (AvgIpc) is 2.73. The number of para-hydroxylation sites is 1. The molecule has 5 nitrogen and oxygen atoms in total. The third-order valence-corrected chi connectivity index (χ3v) is 3.36. The van der Waals surface area contributed by atoms with Crippen LogP contribution in [-0.4, -0.2) is 9.91 Å². The van der Waals surface area contributed by atoms with E-state index in [1.54, 1.807) is 25.3 Å². The Hall–Kier alpha value is -1.66. The molecule has 0 saturated heterocycles. The van der Waals surface area contributed by atoms with E-state index in [1.165, 1.54) is 17.4 Å². The lowest BCUT2D eigenvalue weighted by atomic mass is 10.2. The van der Waals surface area contributed by atoms with Gasteiger partial charge >= 0.3 is 5.69 Å². The molecule has 0 spiro atoms. The van der Waals surface area contributed by atoms with E-state index in [0.717, 1.165) is 10.4 Å². The highest BCUT2D eigenvalue weighted by molar-refractivity contribution is 7.15. The molecule has 2 rings (SSSR count). The van der Waals surface area contributed by atoms with Gasteiger partial charge in [0.15, 0.2) is 10.2 Å². The number of aryl methyl sites for hydroxylation is 1. The smallest absolute Gasteiger partial charge is 0.311 e. The zero-order valence-electron chi connectivity index (χ0n) is 9.42. The Bertz CT molecular complexity index is 585. The standard InChI is InChI=1S/C11H9ClN2O3S/c1-7-3-2-4-9(14(15)16)10(7)17-6-8-5-13-11(12)18-8/h2-5H,6H2,1H3. The molecule has 7 heteroatoms. The summed E-state index contributed by atoms with van der Waals surface area (Å²) in [6, 6.07) is 4.81. The summed E-state index contributed by atoms with van der Waals surface area (Å²) in [7, 11) is 0. The van der Waals surface area contributed by atoms with E-state index in [1.807, 2.05) is 0 Å². The predicted octanol–water partition coefficient (Wildman–Crippen LogP) is 3.59. The Kier molecular flexibility index (Phi) is 3.78. The van der Waals surface area contributed by atoms with Crippen LogP contribution < -0.4 is 4.74 Å². The number of thiazole rings is 1. The van der Waals surface area contributed by atoms with Crippen LogP contribution >= 0.6 is 22.9 Å². The highest BCUT2D eigenvalue weighted by Gasteiger charge is 2.17. The Labute approximate surface area is 112 Å². The molecule has 0 radical (unpaired) electrons. The lowest BCUT2D eigenvalue weighted by molar-refractivity contribution is -0.386. The third kappa shape index (κ3) is 2.77. The van der Waals surface area contributed by atoms with Crippen molar-refractivity contribution in [2.75, 3.05) is 0 Å². The van der Waals surface area contributed by atoms with E-state index in [0.29, 0.717) is 4.47 Å². The van der Waals surface area contributed by atoms with E-state index in [4.69, 9.17) is 16.3 Å². The van der Waals surface area contributed by atoms with Crippen molar-refractivity contribution >= 4 is 28.6 Å². The lowest BCUT2D eigenvalue weighted by Gasteiger charge is -2.07. The molecular weight excluding hydrogens is 276 g/mol. The fourth-order valence-electron chi connectivity index (χ4n) is 1.46. The molecule has 0 aliphatic carbocycles. The van der Waals surface area contributed by atoms with Crippen molar-refractivity contribution in [3.05, 3.63) is 49.4 Å². The van der Waals surface area contributed by atoms with Crippen LogP contribution in [0.15, 0.2) is 24.4 Å². The van der Waals surface area contributed by atoms with Crippen LogP contribution in [0.25, 0.3) is 0 Å². The number of nitro benzene ring substituents is 1. The largest absolute Gasteiger partial charge is 0.481 e. The molecule has 0 fully saturated rings. The van der Waals surface area contributed by atoms with Gasteiger partial charge in [-0.2, -0.15) is 0 Å². The van der Waals surface area contributed by atoms with Crippen molar-refractivity contribution in [2.24, 2.45) is 0 Å². The maximum atomic E-state index is 10.9. The highest BCUT2D eigenvalue weighted by atomic mass is 35.5. The first-order chi connectivity index (χ1) is 8.58. The summed E-state index contributed by atoms with van der Waals surface area (Å²) in [5, 5.41) is 10.9. The van der Waals surface area contributed by atoms with E-state index in [-0.39, 0.29) is 18.0 Å². The number of hydrogen-bond donors (Lipinski definition) is 0. The fraction of sp³-hybridized carbons (Fsp3) is 0.182. The summed E-state index contributed by atoms with van der Waals surface area (Å²) < 4.78 is 5.92. The Morgan fingerprint density at radius 1 is 1.56 bits per heavy atom. The Morgan fingerprint density at radius 2 is 2.33 bits per heavy atom. The zero-order valence-corrected chi connectivity index (χ0v) is 11.0. The number of nitrogens with zero attached hydrogens (tertiary/aromatic N) is 2. The molecule has 0 atom stereocenters. The van der Waals surface area contributed by atoms with Gasteiger partial charge in [0.2, 0.25) is 0 Å². The normalized spacial score (nSPS) is 10.3. The van der Waals surface area contributed by atoms with Crippen LogP contribution in [0.5, 0.6) is 5.75 Å². The molecule has 0 saturated carbocycles. The van der Waals surface area contributed by atoms with Gasteiger partial charge in [-0.3, -0.25) is 10.1 Å². The molecular formula is C11H9ClN2O3S. The van der Waals surface area contributed by atoms with Crippen LogP contribution in [0.1, 0.15) is 10.4 Å². The van der Waals surface area contributed by atoms with Crippen LogP contribution in [0, 0.1) is 17.0 Å². The van der Waals surface area contributed by atoms with Crippen molar-refractivity contribution in [1.29, 1.82) is 0 Å². The minimum atomic E-state index is -0.456. The molecule has 0 unspecified atom stereocenters. The van der Waals surface area contributed by atoms with Gasteiger partial charge in [-0.05, 0) is 12.5 Å². The third-order valence-electron chi connectivity index (χ3n) is 2.27. The van der Waals surface area contributed by atoms with E-state index in [9.17, 15) is 10.1 Å². The maximum Gasteiger partial charge on any atom is 0.311 e. The SMILES string of the molecule is Cc1cccc([N+](=O)[O-])c1OCc1cnc(Cl)s1. The molecule has 0 aliphatic rings. The first-order valence-corrected chi connectivity index (χ1v) is 6.24. The number of rotatable bonds is 4. The van der Waals surface area contributed by atoms with Gasteiger partial charge in [-0.25, -0.2) is 4.98 Å². The van der Waals surface area contributed by atoms with Gasteiger partial charge in [0.1, 0.15) is 6.61 Å². The van der Waals surface area contributed by atoms with Gasteiger partial charge < -0.3 is 4.74 Å². The number of ether oxygens (including phenoxy) is 1. The Morgan fingerprint density at radius 3 is 2.94 bits per heavy atom. The predicted molar refractivity (Wildman–Crippen MR) is 69.3 cm³/mol. The summed E-state index contributed by atoms with van der Waals surface area (Å²) in [5.41, 5.74) is 0.686. The van der Waals surface area contributed by atoms with Gasteiger partial charge in [-0.15, -0.1) is 11.3 Å². The van der Waals surface area contributed by atoms with Gasteiger partial charge in [0.25, 0.3) is 0 Å². The summed E-state index contributed by atoms with van der Waals surface area (Å²) >= 11 is 6.99. The Balaban J connectivity index is 2.20. The first kappa shape index (κ1) is 12.8. The number of benzene rings is 1. The van der Waals surface area contributed by atoms with E-state index in [2.05, 4.69) is 4.98 Å². The minimum absolute atomic E-state index is 0.0365. The fourth-order valence-corrected chi connectivity index (χ4v) is 2.35. The highest BCUT2D eigenvalue weighted by Crippen LogP contribution is 2.31. The second-order valence-corrected chi connectivity index (χ2v) is 5.25. The molecule has 94 valence electrons. The van der Waals surface area contributed by atoms with Crippen LogP contribution in [0.4, 0.5) is 5.69 Å². The van der Waals surface area contributed by atoms with Crippen LogP contribution in [0.3, 0.4) is 0 Å². The second-order valence-electron chi connectivity index (χ2n) is 3.55. The molecule has 0 bridgehead atoms. The van der Waals surface area contributed by atoms with Crippen molar-refractivity contribution < 1.29 is 9.66 Å². The monoisotopic (exact) mass is 284 g/mol. The summed E-state index contributed by atoms with van der Waals surface area (Å²) in [6.45, 7) is 1.98. The number of halogens is 1. The minimum Gasteiger partial charge on any atom is -0.481 e. The number of nitro groups is 1. The van der Waals surface area contributed by atoms with E-state index >= 15 is 0 Å². The quantitative estimate of drug-likeness (QED) is 0.635. The first-order valence-electron chi connectivity index (χ1n) is 5.05. The van der Waals surface area contributed by atoms with Crippen molar-refractivity contribution in [2.45, 2.75) is 13.5 Å². The molecule has 1 heterocycles.